The normalized spacial score (nSPS) is 39.5. The minimum atomic E-state index is -0.683. The number of nitrogens with zero attached hydrogens (tertiary/aromatic N) is 3. The number of aliphatic hydroxyl groups is 2. The minimum Gasteiger partial charge on any atom is -0.461 e. The predicted octanol–water partition coefficient (Wildman–Crippen LogP) is 4.74. The zero-order valence-corrected chi connectivity index (χ0v) is 26.1. The van der Waals surface area contributed by atoms with E-state index < -0.39 is 23.0 Å². The molecule has 41 heavy (non-hydrogen) atoms. The molecule has 4 fully saturated rings. The van der Waals surface area contributed by atoms with Gasteiger partial charge in [-0.25, -0.2) is 9.97 Å². The van der Waals surface area contributed by atoms with Crippen LogP contribution in [-0.4, -0.2) is 69.1 Å². The van der Waals surface area contributed by atoms with Crippen molar-refractivity contribution in [3.8, 4) is 0 Å². The second kappa shape index (κ2) is 11.3. The quantitative estimate of drug-likeness (QED) is 0.211. The van der Waals surface area contributed by atoms with Gasteiger partial charge in [0.05, 0.1) is 18.0 Å². The molecule has 1 aromatic heterocycles. The van der Waals surface area contributed by atoms with Gasteiger partial charge in [-0.3, -0.25) is 9.59 Å². The molecule has 4 aliphatic rings. The molecule has 0 radical (unpaired) electrons. The summed E-state index contributed by atoms with van der Waals surface area (Å²) in [5, 5.41) is 22.1. The van der Waals surface area contributed by atoms with E-state index in [4.69, 9.17) is 9.72 Å². The number of anilines is 1. The van der Waals surface area contributed by atoms with Crippen molar-refractivity contribution in [3.05, 3.63) is 24.4 Å². The molecule has 9 heteroatoms. The predicted molar refractivity (Wildman–Crippen MR) is 160 cm³/mol. The smallest absolute Gasteiger partial charge is 0.316 e. The average Bonchev–Trinajstić information content (AvgIpc) is 3.30. The van der Waals surface area contributed by atoms with Crippen molar-refractivity contribution >= 4 is 29.3 Å². The molecule has 0 amide bonds. The first kappa shape index (κ1) is 30.5. The number of thioether (sulfide) groups is 1. The molecule has 226 valence electrons. The lowest BCUT2D eigenvalue weighted by Crippen LogP contribution is -2.63. The molecule has 0 unspecified atom stereocenters. The summed E-state index contributed by atoms with van der Waals surface area (Å²) in [7, 11) is 0. The number of carbonyl (C=O) groups is 2. The lowest BCUT2D eigenvalue weighted by atomic mass is 9.44. The second-order valence-corrected chi connectivity index (χ2v) is 14.7. The van der Waals surface area contributed by atoms with Crippen LogP contribution in [0.4, 0.5) is 5.82 Å². The van der Waals surface area contributed by atoms with E-state index in [0.717, 1.165) is 43.9 Å². The highest BCUT2D eigenvalue weighted by Crippen LogP contribution is 2.68. The number of aryl methyl sites for hydroxylation is 1. The van der Waals surface area contributed by atoms with Gasteiger partial charge in [-0.2, -0.15) is 0 Å². The Balaban J connectivity index is 1.38. The maximum atomic E-state index is 13.6. The Hall–Kier alpha value is -1.97. The Bertz CT molecular complexity index is 1190. The molecular weight excluding hydrogens is 538 g/mol. The molecule has 8 nitrogen and oxygen atoms in total. The lowest BCUT2D eigenvalue weighted by molar-refractivity contribution is -0.205. The number of hydrogen-bond donors (Lipinski definition) is 2. The van der Waals surface area contributed by atoms with Crippen molar-refractivity contribution in [1.82, 2.24) is 9.97 Å². The highest BCUT2D eigenvalue weighted by atomic mass is 32.2. The van der Waals surface area contributed by atoms with Gasteiger partial charge >= 0.3 is 5.97 Å². The van der Waals surface area contributed by atoms with Crippen LogP contribution in [0.2, 0.25) is 0 Å². The zero-order valence-electron chi connectivity index (χ0n) is 25.3. The van der Waals surface area contributed by atoms with Gasteiger partial charge in [-0.05, 0) is 62.7 Å². The van der Waals surface area contributed by atoms with Crippen LogP contribution in [0.3, 0.4) is 0 Å². The number of aliphatic hydroxyl groups excluding tert-OH is 2. The molecular formula is C32H47N3O5S. The molecule has 3 saturated carbocycles. The number of hydrogen-bond acceptors (Lipinski definition) is 9. The van der Waals surface area contributed by atoms with E-state index in [9.17, 15) is 19.8 Å². The first-order chi connectivity index (χ1) is 19.3. The first-order valence-corrected chi connectivity index (χ1v) is 16.3. The van der Waals surface area contributed by atoms with Crippen LogP contribution < -0.4 is 4.90 Å². The Morgan fingerprint density at radius 1 is 1.20 bits per heavy atom. The standard InChI is InChI=1S/C32H47N3O5S/c1-7-30(5)17-24(31(6)19(2)8-12-32(21(4)28(30)39)13-9-23(37)27(31)32)40-26(38)18-41-29-33-20(3)16-25(34-29)35-14-10-22(36)11-15-35/h7,16,19,21-22,24,27-28,36,39H,1,8-15,17-18H2,2-6H3/t19-,21+,24-,27+,28+,30-,31-,32+/m1/s1. The number of rotatable bonds is 6. The summed E-state index contributed by atoms with van der Waals surface area (Å²) in [6.07, 6.45) is 5.33. The number of Topliss-reactive ketones (excluding diaryl/α,β-unsaturated/α-hetero) is 1. The van der Waals surface area contributed by atoms with E-state index in [1.807, 2.05) is 26.0 Å². The molecule has 3 aliphatic carbocycles. The fourth-order valence-electron chi connectivity index (χ4n) is 8.66. The molecule has 2 heterocycles. The maximum Gasteiger partial charge on any atom is 0.316 e. The molecule has 2 bridgehead atoms. The third-order valence-electron chi connectivity index (χ3n) is 11.5. The summed E-state index contributed by atoms with van der Waals surface area (Å²) in [5.74, 6) is 0.640. The summed E-state index contributed by atoms with van der Waals surface area (Å²) in [6.45, 7) is 15.9. The van der Waals surface area contributed by atoms with Gasteiger partial charge in [0.2, 0.25) is 0 Å². The fourth-order valence-corrected chi connectivity index (χ4v) is 9.35. The molecule has 1 aromatic rings. The SMILES string of the molecule is C=C[C@]1(C)C[C@@H](OC(=O)CSc2nc(C)cc(N3CCC(O)CC3)n2)[C@@]2(C)[C@H](C)CC[C@]3(CCC(=O)[C@H]32)[C@@H](C)[C@@H]1O. The maximum absolute atomic E-state index is 13.6. The number of piperidine rings is 1. The van der Waals surface area contributed by atoms with E-state index in [-0.39, 0.29) is 46.8 Å². The zero-order chi connectivity index (χ0) is 29.7. The molecule has 1 saturated heterocycles. The van der Waals surface area contributed by atoms with Crippen LogP contribution in [0.15, 0.2) is 23.9 Å². The van der Waals surface area contributed by atoms with Crippen LogP contribution in [0.5, 0.6) is 0 Å². The van der Waals surface area contributed by atoms with E-state index >= 15 is 0 Å². The number of carbonyl (C=O) groups excluding carboxylic acids is 2. The van der Waals surface area contributed by atoms with E-state index in [0.29, 0.717) is 30.8 Å². The van der Waals surface area contributed by atoms with Crippen LogP contribution in [0, 0.1) is 40.9 Å². The van der Waals surface area contributed by atoms with Crippen molar-refractivity contribution in [1.29, 1.82) is 0 Å². The third kappa shape index (κ3) is 5.24. The minimum absolute atomic E-state index is 0.0517. The van der Waals surface area contributed by atoms with E-state index in [1.165, 1.54) is 11.8 Å². The highest BCUT2D eigenvalue weighted by Gasteiger charge is 2.68. The summed E-state index contributed by atoms with van der Waals surface area (Å²) >= 11 is 1.26. The molecule has 8 atom stereocenters. The average molecular weight is 586 g/mol. The van der Waals surface area contributed by atoms with Gasteiger partial charge in [0.1, 0.15) is 17.7 Å². The van der Waals surface area contributed by atoms with Crippen LogP contribution in [0.25, 0.3) is 0 Å². The van der Waals surface area contributed by atoms with Gasteiger partial charge in [-0.1, -0.05) is 45.5 Å². The second-order valence-electron chi connectivity index (χ2n) is 13.7. The molecule has 2 N–H and O–H groups in total. The van der Waals surface area contributed by atoms with Gasteiger partial charge in [-0.15, -0.1) is 6.58 Å². The largest absolute Gasteiger partial charge is 0.461 e. The van der Waals surface area contributed by atoms with Crippen LogP contribution in [-0.2, 0) is 14.3 Å². The van der Waals surface area contributed by atoms with Crippen LogP contribution >= 0.6 is 11.8 Å². The van der Waals surface area contributed by atoms with E-state index in [2.05, 4.69) is 37.2 Å². The Kier molecular flexibility index (Phi) is 8.38. The lowest BCUT2D eigenvalue weighted by Gasteiger charge is -2.61. The number of ketones is 1. The molecule has 5 rings (SSSR count). The van der Waals surface area contributed by atoms with Crippen molar-refractivity contribution in [2.45, 2.75) is 103 Å². The summed E-state index contributed by atoms with van der Waals surface area (Å²) < 4.78 is 6.37. The summed E-state index contributed by atoms with van der Waals surface area (Å²) in [6, 6.07) is 1.94. The van der Waals surface area contributed by atoms with Gasteiger partial charge in [0.15, 0.2) is 5.16 Å². The summed E-state index contributed by atoms with van der Waals surface area (Å²) in [4.78, 5) is 38.5. The monoisotopic (exact) mass is 585 g/mol. The van der Waals surface area contributed by atoms with Crippen molar-refractivity contribution < 1.29 is 24.5 Å². The van der Waals surface area contributed by atoms with Gasteiger partial charge in [0.25, 0.3) is 0 Å². The van der Waals surface area contributed by atoms with Gasteiger partial charge in [0, 0.05) is 48.0 Å². The topological polar surface area (TPSA) is 113 Å². The highest BCUT2D eigenvalue weighted by molar-refractivity contribution is 7.99. The summed E-state index contributed by atoms with van der Waals surface area (Å²) in [5.41, 5.74) is -0.660. The van der Waals surface area contributed by atoms with Crippen molar-refractivity contribution in [2.24, 2.45) is 34.0 Å². The Morgan fingerprint density at radius 3 is 2.59 bits per heavy atom. The first-order valence-electron chi connectivity index (χ1n) is 15.3. The fraction of sp³-hybridized carbons (Fsp3) is 0.750. The van der Waals surface area contributed by atoms with Crippen molar-refractivity contribution in [2.75, 3.05) is 23.7 Å². The Labute approximate surface area is 248 Å². The third-order valence-corrected chi connectivity index (χ3v) is 12.3. The molecule has 1 aliphatic heterocycles. The number of esters is 1. The molecule has 0 spiro atoms. The number of ether oxygens (including phenoxy) is 1. The van der Waals surface area contributed by atoms with Crippen LogP contribution in [0.1, 0.15) is 78.3 Å². The van der Waals surface area contributed by atoms with Gasteiger partial charge < -0.3 is 19.8 Å². The number of aromatic nitrogens is 2. The van der Waals surface area contributed by atoms with E-state index in [1.54, 1.807) is 0 Å². The Morgan fingerprint density at radius 2 is 1.90 bits per heavy atom. The van der Waals surface area contributed by atoms with Crippen molar-refractivity contribution in [3.63, 3.8) is 0 Å². The molecule has 0 aromatic carbocycles.